The van der Waals surface area contributed by atoms with Crippen LogP contribution in [-0.4, -0.2) is 43.1 Å². The fourth-order valence-electron chi connectivity index (χ4n) is 4.96. The van der Waals surface area contributed by atoms with Gasteiger partial charge in [-0.1, -0.05) is 47.6 Å². The van der Waals surface area contributed by atoms with E-state index in [0.29, 0.717) is 39.6 Å². The largest absolute Gasteiger partial charge is 0.464 e. The van der Waals surface area contributed by atoms with Crippen LogP contribution in [0.3, 0.4) is 0 Å². The van der Waals surface area contributed by atoms with Gasteiger partial charge in [-0.15, -0.1) is 11.3 Å². The zero-order valence-corrected chi connectivity index (χ0v) is 25.9. The van der Waals surface area contributed by atoms with Crippen molar-refractivity contribution in [3.05, 3.63) is 34.5 Å². The Balaban J connectivity index is 2.48. The summed E-state index contributed by atoms with van der Waals surface area (Å²) in [5.74, 6) is -0.495. The highest BCUT2D eigenvalue weighted by atomic mass is 32.1. The highest BCUT2D eigenvalue weighted by Gasteiger charge is 2.45. The number of ether oxygens (including phenoxy) is 2. The molecule has 0 spiro atoms. The number of amides is 1. The molecule has 2 heterocycles. The summed E-state index contributed by atoms with van der Waals surface area (Å²) in [5, 5.41) is 5.15. The number of carbonyl (C=O) groups is 2. The predicted octanol–water partition coefficient (Wildman–Crippen LogP) is 7.27. The van der Waals surface area contributed by atoms with E-state index < -0.39 is 32.0 Å². The smallest absolute Gasteiger partial charge is 0.408 e. The summed E-state index contributed by atoms with van der Waals surface area (Å²) in [6, 6.07) is 3.41. The third-order valence-electron chi connectivity index (χ3n) is 6.46. The first-order chi connectivity index (χ1) is 17.1. The topological polar surface area (TPSA) is 99.6 Å². The van der Waals surface area contributed by atoms with Gasteiger partial charge in [0.1, 0.15) is 10.6 Å². The average Bonchev–Trinajstić information content (AvgIpc) is 3.27. The zero-order chi connectivity index (χ0) is 28.1. The third kappa shape index (κ3) is 7.61. The number of nitrogens with zero attached hydrogens (tertiary/aromatic N) is 2. The van der Waals surface area contributed by atoms with Gasteiger partial charge in [0, 0.05) is 10.9 Å². The second-order valence-corrected chi connectivity index (χ2v) is 17.6. The van der Waals surface area contributed by atoms with Crippen LogP contribution in [0.1, 0.15) is 97.0 Å². The minimum Gasteiger partial charge on any atom is -0.464 e. The molecule has 2 rings (SSSR count). The molecule has 0 saturated heterocycles. The van der Waals surface area contributed by atoms with E-state index in [4.69, 9.17) is 18.9 Å². The molecule has 0 radical (unpaired) electrons. The number of alkyl carbamates (subject to hydrolysis) is 1. The van der Waals surface area contributed by atoms with Crippen molar-refractivity contribution < 1.29 is 23.5 Å². The van der Waals surface area contributed by atoms with E-state index in [1.807, 2.05) is 39.8 Å². The van der Waals surface area contributed by atoms with Gasteiger partial charge in [0.25, 0.3) is 0 Å². The van der Waals surface area contributed by atoms with Crippen LogP contribution >= 0.6 is 11.3 Å². The first-order valence-corrected chi connectivity index (χ1v) is 15.8. The molecule has 2 aromatic rings. The lowest BCUT2D eigenvalue weighted by atomic mass is 10.1. The van der Waals surface area contributed by atoms with E-state index in [1.165, 1.54) is 18.4 Å². The molecule has 1 N–H and O–H groups in total. The summed E-state index contributed by atoms with van der Waals surface area (Å²) in [7, 11) is -0.800. The van der Waals surface area contributed by atoms with Crippen molar-refractivity contribution in [2.24, 2.45) is 0 Å². The molecule has 0 bridgehead atoms. The quantitative estimate of drug-likeness (QED) is 0.246. The normalized spacial score (nSPS) is 13.2. The van der Waals surface area contributed by atoms with Crippen molar-refractivity contribution >= 4 is 31.7 Å². The van der Waals surface area contributed by atoms with Crippen molar-refractivity contribution in [2.75, 3.05) is 7.11 Å². The van der Waals surface area contributed by atoms with Gasteiger partial charge in [0.15, 0.2) is 5.69 Å². The lowest BCUT2D eigenvalue weighted by Crippen LogP contribution is -2.47. The number of methoxy groups -OCH3 is 1. The van der Waals surface area contributed by atoms with Gasteiger partial charge in [-0.05, 0) is 50.4 Å². The van der Waals surface area contributed by atoms with Crippen molar-refractivity contribution in [2.45, 2.75) is 104 Å². The average molecular weight is 550 g/mol. The van der Waals surface area contributed by atoms with Gasteiger partial charge >= 0.3 is 12.1 Å². The number of nitrogens with one attached hydrogen (secondary N) is 1. The Morgan fingerprint density at radius 1 is 1.00 bits per heavy atom. The Morgan fingerprint density at radius 3 is 2.11 bits per heavy atom. The summed E-state index contributed by atoms with van der Waals surface area (Å²) in [5.41, 5.74) is 3.12. The minimum atomic E-state index is -2.12. The van der Waals surface area contributed by atoms with E-state index in [9.17, 15) is 9.59 Å². The number of carbonyl (C=O) groups excluding carboxylic acids is 2. The molecule has 1 unspecified atom stereocenters. The molecule has 206 valence electrons. The van der Waals surface area contributed by atoms with Gasteiger partial charge in [0.05, 0.1) is 31.1 Å². The lowest BCUT2D eigenvalue weighted by Gasteiger charge is -2.42. The third-order valence-corrected chi connectivity index (χ3v) is 13.4. The fraction of sp³-hybridized carbons (Fsp3) is 0.630. The van der Waals surface area contributed by atoms with Crippen LogP contribution in [-0.2, 0) is 20.5 Å². The first-order valence-electron chi connectivity index (χ1n) is 12.8. The number of hydrogen-bond acceptors (Lipinski definition) is 8. The van der Waals surface area contributed by atoms with E-state index in [0.717, 1.165) is 5.56 Å². The van der Waals surface area contributed by atoms with Crippen LogP contribution < -0.4 is 5.32 Å². The van der Waals surface area contributed by atoms with E-state index in [1.54, 1.807) is 5.38 Å². The minimum absolute atomic E-state index is 0.236. The van der Waals surface area contributed by atoms with Crippen molar-refractivity contribution in [1.82, 2.24) is 15.3 Å². The molecule has 0 saturated carbocycles. The van der Waals surface area contributed by atoms with E-state index in [-0.39, 0.29) is 5.69 Å². The Kier molecular flexibility index (Phi) is 10.4. The standard InChI is InChI=1S/C27H43N3O5SSi/c1-16(2)37(17(3)4,18(5)6)34-14-20-12-13-21(24-30-22(15-36-24)25(31)33-11)29-23(20)19(7)28-26(32)35-27(8,9)10/h12-13,15-19H,14H2,1-11H3,(H,28,32). The molecule has 8 nitrogen and oxygen atoms in total. The van der Waals surface area contributed by atoms with Crippen LogP contribution in [0.5, 0.6) is 0 Å². The SMILES string of the molecule is COC(=O)c1csc(-c2ccc(CO[Si](C(C)C)(C(C)C)C(C)C)c(C(C)NC(=O)OC(C)(C)C)n2)n1. The number of esters is 1. The van der Waals surface area contributed by atoms with E-state index in [2.05, 4.69) is 51.8 Å². The van der Waals surface area contributed by atoms with Crippen molar-refractivity contribution in [1.29, 1.82) is 0 Å². The maximum absolute atomic E-state index is 12.6. The molecule has 0 aromatic carbocycles. The summed E-state index contributed by atoms with van der Waals surface area (Å²) in [6.07, 6.45) is -0.517. The molecule has 10 heteroatoms. The molecule has 0 aliphatic rings. The van der Waals surface area contributed by atoms with Crippen LogP contribution in [0.4, 0.5) is 4.79 Å². The lowest BCUT2D eigenvalue weighted by molar-refractivity contribution is 0.0505. The molecule has 2 aromatic heterocycles. The molecule has 0 aliphatic carbocycles. The summed E-state index contributed by atoms with van der Waals surface area (Å²) in [4.78, 5) is 33.7. The Labute approximate surface area is 226 Å². The van der Waals surface area contributed by atoms with Crippen molar-refractivity contribution in [3.63, 3.8) is 0 Å². The van der Waals surface area contributed by atoms with Crippen LogP contribution in [0.2, 0.25) is 16.6 Å². The molecule has 0 fully saturated rings. The Morgan fingerprint density at radius 2 is 1.59 bits per heavy atom. The molecular formula is C27H43N3O5SSi. The second-order valence-electron chi connectivity index (χ2n) is 11.2. The highest BCUT2D eigenvalue weighted by Crippen LogP contribution is 2.43. The zero-order valence-electron chi connectivity index (χ0n) is 24.1. The molecule has 1 amide bonds. The van der Waals surface area contributed by atoms with Gasteiger partial charge in [-0.2, -0.15) is 0 Å². The molecule has 0 aliphatic heterocycles. The number of thiazole rings is 1. The summed E-state index contributed by atoms with van der Waals surface area (Å²) < 4.78 is 17.1. The fourth-order valence-corrected chi connectivity index (χ4v) is 11.1. The molecule has 1 atom stereocenters. The van der Waals surface area contributed by atoms with Gasteiger partial charge in [0.2, 0.25) is 8.32 Å². The Hall–Kier alpha value is -2.30. The van der Waals surface area contributed by atoms with Crippen LogP contribution in [0.25, 0.3) is 10.7 Å². The summed E-state index contributed by atoms with van der Waals surface area (Å²) >= 11 is 1.31. The maximum atomic E-state index is 12.6. The van der Waals surface area contributed by atoms with Gasteiger partial charge in [-0.3, -0.25) is 0 Å². The molecule has 37 heavy (non-hydrogen) atoms. The highest BCUT2D eigenvalue weighted by molar-refractivity contribution is 7.13. The van der Waals surface area contributed by atoms with Crippen LogP contribution in [0, 0.1) is 0 Å². The Bertz CT molecular complexity index is 1060. The van der Waals surface area contributed by atoms with Gasteiger partial charge in [-0.25, -0.2) is 19.6 Å². The first kappa shape index (κ1) is 30.9. The number of aromatic nitrogens is 2. The number of hydrogen-bond donors (Lipinski definition) is 1. The number of rotatable bonds is 10. The maximum Gasteiger partial charge on any atom is 0.408 e. The molecular weight excluding hydrogens is 506 g/mol. The predicted molar refractivity (Wildman–Crippen MR) is 150 cm³/mol. The second kappa shape index (κ2) is 12.5. The summed E-state index contributed by atoms with van der Waals surface area (Å²) in [6.45, 7) is 21.3. The monoisotopic (exact) mass is 549 g/mol. The van der Waals surface area contributed by atoms with Crippen LogP contribution in [0.15, 0.2) is 17.5 Å². The van der Waals surface area contributed by atoms with E-state index >= 15 is 0 Å². The van der Waals surface area contributed by atoms with Crippen molar-refractivity contribution in [3.8, 4) is 10.7 Å². The number of pyridine rings is 1. The van der Waals surface area contributed by atoms with Gasteiger partial charge < -0.3 is 19.2 Å².